The fraction of sp³-hybridized carbons (Fsp3) is 0.455. The molecule has 1 saturated heterocycles. The minimum atomic E-state index is -0.0732. The molecular weight excluding hydrogens is 190 g/mol. The minimum absolute atomic E-state index is 0.0732. The van der Waals surface area contributed by atoms with Crippen molar-refractivity contribution in [1.82, 2.24) is 15.2 Å². The standard InChI is InChI=1S/C11H15N3O/c1-14-7-5-9(8-14)13-11(15)10-4-2-3-6-12-10/h2-4,6,9H,5,7-8H2,1H3,(H,13,15). The number of hydrogen-bond donors (Lipinski definition) is 1. The summed E-state index contributed by atoms with van der Waals surface area (Å²) in [5, 5.41) is 2.98. The van der Waals surface area contributed by atoms with Gasteiger partial charge >= 0.3 is 0 Å². The number of likely N-dealkylation sites (N-methyl/N-ethyl adjacent to an activating group) is 1. The van der Waals surface area contributed by atoms with E-state index in [1.165, 1.54) is 0 Å². The molecule has 1 aromatic heterocycles. The highest BCUT2D eigenvalue weighted by Gasteiger charge is 2.21. The van der Waals surface area contributed by atoms with Crippen LogP contribution in [0.15, 0.2) is 24.4 Å². The van der Waals surface area contributed by atoms with Gasteiger partial charge in [0.15, 0.2) is 0 Å². The second kappa shape index (κ2) is 4.40. The molecule has 1 unspecified atom stereocenters. The maximum absolute atomic E-state index is 11.7. The van der Waals surface area contributed by atoms with Crippen LogP contribution >= 0.6 is 0 Å². The molecule has 1 fully saturated rings. The van der Waals surface area contributed by atoms with Crippen molar-refractivity contribution in [2.45, 2.75) is 12.5 Å². The maximum Gasteiger partial charge on any atom is 0.270 e. The number of likely N-dealkylation sites (tertiary alicyclic amines) is 1. The van der Waals surface area contributed by atoms with E-state index in [0.29, 0.717) is 5.69 Å². The van der Waals surface area contributed by atoms with Crippen LogP contribution in [-0.4, -0.2) is 42.0 Å². The molecule has 2 rings (SSSR count). The first-order valence-corrected chi connectivity index (χ1v) is 5.16. The van der Waals surface area contributed by atoms with Crippen molar-refractivity contribution in [2.75, 3.05) is 20.1 Å². The third-order valence-corrected chi connectivity index (χ3v) is 2.62. The number of nitrogens with one attached hydrogen (secondary N) is 1. The molecule has 0 saturated carbocycles. The molecule has 0 bridgehead atoms. The highest BCUT2D eigenvalue weighted by Crippen LogP contribution is 2.06. The lowest BCUT2D eigenvalue weighted by atomic mass is 10.2. The SMILES string of the molecule is CN1CCC(NC(=O)c2ccccn2)C1. The maximum atomic E-state index is 11.7. The van der Waals surface area contributed by atoms with Crippen molar-refractivity contribution in [3.05, 3.63) is 30.1 Å². The Morgan fingerprint density at radius 3 is 3.07 bits per heavy atom. The van der Waals surface area contributed by atoms with Gasteiger partial charge in [-0.25, -0.2) is 0 Å². The monoisotopic (exact) mass is 205 g/mol. The van der Waals surface area contributed by atoms with Crippen molar-refractivity contribution < 1.29 is 4.79 Å². The second-order valence-electron chi connectivity index (χ2n) is 3.94. The first-order valence-electron chi connectivity index (χ1n) is 5.16. The molecule has 1 atom stereocenters. The van der Waals surface area contributed by atoms with Crippen LogP contribution in [0.3, 0.4) is 0 Å². The summed E-state index contributed by atoms with van der Waals surface area (Å²) in [4.78, 5) is 17.9. The van der Waals surface area contributed by atoms with E-state index in [1.807, 2.05) is 6.07 Å². The van der Waals surface area contributed by atoms with Gasteiger partial charge in [-0.3, -0.25) is 9.78 Å². The number of amides is 1. The predicted molar refractivity (Wildman–Crippen MR) is 57.6 cm³/mol. The molecule has 1 amide bonds. The van der Waals surface area contributed by atoms with Gasteiger partial charge in [0.25, 0.3) is 5.91 Å². The van der Waals surface area contributed by atoms with Gasteiger partial charge in [-0.15, -0.1) is 0 Å². The van der Waals surface area contributed by atoms with Crippen molar-refractivity contribution in [2.24, 2.45) is 0 Å². The van der Waals surface area contributed by atoms with Gasteiger partial charge in [-0.05, 0) is 32.1 Å². The third kappa shape index (κ3) is 2.53. The van der Waals surface area contributed by atoms with Crippen molar-refractivity contribution in [3.8, 4) is 0 Å². The van der Waals surface area contributed by atoms with Crippen LogP contribution in [0.2, 0.25) is 0 Å². The average molecular weight is 205 g/mol. The Labute approximate surface area is 89.3 Å². The molecule has 2 heterocycles. The lowest BCUT2D eigenvalue weighted by Crippen LogP contribution is -2.36. The van der Waals surface area contributed by atoms with Gasteiger partial charge in [0.2, 0.25) is 0 Å². The van der Waals surface area contributed by atoms with Crippen LogP contribution in [0.4, 0.5) is 0 Å². The normalized spacial score (nSPS) is 21.5. The zero-order valence-electron chi connectivity index (χ0n) is 8.81. The van der Waals surface area contributed by atoms with Crippen LogP contribution in [-0.2, 0) is 0 Å². The van der Waals surface area contributed by atoms with E-state index < -0.39 is 0 Å². The molecule has 0 aromatic carbocycles. The van der Waals surface area contributed by atoms with E-state index in [1.54, 1.807) is 18.3 Å². The summed E-state index contributed by atoms with van der Waals surface area (Å²) in [6.45, 7) is 1.98. The molecule has 1 aromatic rings. The molecule has 15 heavy (non-hydrogen) atoms. The zero-order valence-corrected chi connectivity index (χ0v) is 8.81. The molecule has 1 aliphatic rings. The van der Waals surface area contributed by atoms with E-state index in [0.717, 1.165) is 19.5 Å². The summed E-state index contributed by atoms with van der Waals surface area (Å²) >= 11 is 0. The Morgan fingerprint density at radius 2 is 2.47 bits per heavy atom. The molecule has 80 valence electrons. The highest BCUT2D eigenvalue weighted by atomic mass is 16.1. The lowest BCUT2D eigenvalue weighted by molar-refractivity contribution is 0.0933. The summed E-state index contributed by atoms with van der Waals surface area (Å²) in [6.07, 6.45) is 2.66. The smallest absolute Gasteiger partial charge is 0.270 e. The van der Waals surface area contributed by atoms with E-state index in [4.69, 9.17) is 0 Å². The molecule has 4 nitrogen and oxygen atoms in total. The van der Waals surface area contributed by atoms with Gasteiger partial charge in [-0.1, -0.05) is 6.07 Å². The number of carbonyl (C=O) groups excluding carboxylic acids is 1. The molecule has 0 radical (unpaired) electrons. The number of aromatic nitrogens is 1. The highest BCUT2D eigenvalue weighted by molar-refractivity contribution is 5.92. The number of rotatable bonds is 2. The van der Waals surface area contributed by atoms with E-state index in [-0.39, 0.29) is 11.9 Å². The van der Waals surface area contributed by atoms with E-state index >= 15 is 0 Å². The molecular formula is C11H15N3O. The summed E-state index contributed by atoms with van der Waals surface area (Å²) in [6, 6.07) is 5.63. The van der Waals surface area contributed by atoms with Crippen LogP contribution in [0.25, 0.3) is 0 Å². The third-order valence-electron chi connectivity index (χ3n) is 2.62. The Morgan fingerprint density at radius 1 is 1.60 bits per heavy atom. The van der Waals surface area contributed by atoms with Crippen LogP contribution in [0, 0.1) is 0 Å². The first-order chi connectivity index (χ1) is 7.25. The largest absolute Gasteiger partial charge is 0.347 e. The lowest BCUT2D eigenvalue weighted by Gasteiger charge is -2.12. The summed E-state index contributed by atoms with van der Waals surface area (Å²) in [5.74, 6) is -0.0732. The quantitative estimate of drug-likeness (QED) is 0.765. The van der Waals surface area contributed by atoms with Gasteiger partial charge < -0.3 is 10.2 Å². The first kappa shape index (κ1) is 10.1. The van der Waals surface area contributed by atoms with Crippen molar-refractivity contribution in [3.63, 3.8) is 0 Å². The Hall–Kier alpha value is -1.42. The molecule has 0 aliphatic carbocycles. The fourth-order valence-corrected chi connectivity index (χ4v) is 1.81. The average Bonchev–Trinajstić information content (AvgIpc) is 2.65. The molecule has 1 N–H and O–H groups in total. The Balaban J connectivity index is 1.93. The van der Waals surface area contributed by atoms with Gasteiger partial charge in [0.05, 0.1) is 0 Å². The van der Waals surface area contributed by atoms with Crippen LogP contribution < -0.4 is 5.32 Å². The number of pyridine rings is 1. The second-order valence-corrected chi connectivity index (χ2v) is 3.94. The van der Waals surface area contributed by atoms with Crippen LogP contribution in [0.5, 0.6) is 0 Å². The summed E-state index contributed by atoms with van der Waals surface area (Å²) in [5.41, 5.74) is 0.493. The van der Waals surface area contributed by atoms with Gasteiger partial charge in [-0.2, -0.15) is 0 Å². The number of hydrogen-bond acceptors (Lipinski definition) is 3. The summed E-state index contributed by atoms with van der Waals surface area (Å²) < 4.78 is 0. The zero-order chi connectivity index (χ0) is 10.7. The Kier molecular flexibility index (Phi) is 2.97. The van der Waals surface area contributed by atoms with E-state index in [9.17, 15) is 4.79 Å². The van der Waals surface area contributed by atoms with Crippen molar-refractivity contribution >= 4 is 5.91 Å². The molecule has 1 aliphatic heterocycles. The van der Waals surface area contributed by atoms with Gasteiger partial charge in [0.1, 0.15) is 5.69 Å². The predicted octanol–water partition coefficient (Wildman–Crippen LogP) is 0.515. The Bertz CT molecular complexity index is 339. The fourth-order valence-electron chi connectivity index (χ4n) is 1.81. The molecule has 4 heteroatoms. The summed E-state index contributed by atoms with van der Waals surface area (Å²) in [7, 11) is 2.06. The van der Waals surface area contributed by atoms with Crippen molar-refractivity contribution in [1.29, 1.82) is 0 Å². The topological polar surface area (TPSA) is 45.2 Å². The number of carbonyl (C=O) groups is 1. The minimum Gasteiger partial charge on any atom is -0.347 e. The van der Waals surface area contributed by atoms with Gasteiger partial charge in [0, 0.05) is 18.8 Å². The number of nitrogens with zero attached hydrogens (tertiary/aromatic N) is 2. The molecule has 0 spiro atoms. The van der Waals surface area contributed by atoms with Crippen LogP contribution in [0.1, 0.15) is 16.9 Å². The van der Waals surface area contributed by atoms with E-state index in [2.05, 4.69) is 22.2 Å².